The first kappa shape index (κ1) is 14.9. The molecule has 0 saturated carbocycles. The summed E-state index contributed by atoms with van der Waals surface area (Å²) in [4.78, 5) is 13.8. The summed E-state index contributed by atoms with van der Waals surface area (Å²) >= 11 is 5.72. The molecule has 2 aromatic rings. The van der Waals surface area contributed by atoms with Crippen LogP contribution < -0.4 is 5.11 Å². The average molecular weight is 308 g/mol. The first-order chi connectivity index (χ1) is 9.99. The minimum absolute atomic E-state index is 0.00876. The summed E-state index contributed by atoms with van der Waals surface area (Å²) in [6.07, 6.45) is 1.16. The number of nitrogens with zero attached hydrogens (tertiary/aromatic N) is 2. The molecule has 2 aromatic carbocycles. The van der Waals surface area contributed by atoms with Gasteiger partial charge in [-0.25, -0.2) is 4.39 Å². The molecular weight excluding hydrogens is 299 g/mol. The minimum atomic E-state index is -0.803. The SMILES string of the molecule is O=[N+]([O-])c1cc(Cl)cc(C=NCc2ccccc2F)c1[O-]. The molecule has 0 unspecified atom stereocenters. The Hall–Kier alpha value is -2.47. The van der Waals surface area contributed by atoms with Crippen LogP contribution in [0, 0.1) is 15.9 Å². The second kappa shape index (κ2) is 6.32. The van der Waals surface area contributed by atoms with Crippen LogP contribution in [0.3, 0.4) is 0 Å². The molecule has 0 heterocycles. The van der Waals surface area contributed by atoms with Gasteiger partial charge >= 0.3 is 0 Å². The van der Waals surface area contributed by atoms with Gasteiger partial charge in [0.1, 0.15) is 5.82 Å². The molecule has 108 valence electrons. The van der Waals surface area contributed by atoms with Crippen molar-refractivity contribution in [3.8, 4) is 5.75 Å². The van der Waals surface area contributed by atoms with Crippen molar-refractivity contribution in [2.75, 3.05) is 0 Å². The topological polar surface area (TPSA) is 78.6 Å². The molecular formula is C14H9ClFN2O3-. The van der Waals surface area contributed by atoms with Crippen LogP contribution in [0.1, 0.15) is 11.1 Å². The minimum Gasteiger partial charge on any atom is -0.867 e. The smallest absolute Gasteiger partial charge is 0.263 e. The number of hydrogen-bond donors (Lipinski definition) is 0. The van der Waals surface area contributed by atoms with Crippen LogP contribution in [0.4, 0.5) is 10.1 Å². The van der Waals surface area contributed by atoms with Crippen LogP contribution >= 0.6 is 11.6 Å². The molecule has 21 heavy (non-hydrogen) atoms. The summed E-state index contributed by atoms with van der Waals surface area (Å²) in [5.74, 6) is -1.18. The molecule has 0 atom stereocenters. The third-order valence-electron chi connectivity index (χ3n) is 2.71. The van der Waals surface area contributed by atoms with Gasteiger partial charge in [-0.15, -0.1) is 0 Å². The summed E-state index contributed by atoms with van der Waals surface area (Å²) < 4.78 is 13.4. The van der Waals surface area contributed by atoms with E-state index < -0.39 is 22.2 Å². The maximum Gasteiger partial charge on any atom is 0.263 e. The van der Waals surface area contributed by atoms with Crippen LogP contribution in [0.5, 0.6) is 5.75 Å². The Kier molecular flexibility index (Phi) is 4.49. The van der Waals surface area contributed by atoms with Crippen LogP contribution in [-0.2, 0) is 6.54 Å². The van der Waals surface area contributed by atoms with E-state index in [1.807, 2.05) is 0 Å². The monoisotopic (exact) mass is 307 g/mol. The Morgan fingerprint density at radius 1 is 1.33 bits per heavy atom. The van der Waals surface area contributed by atoms with Crippen molar-refractivity contribution in [2.45, 2.75) is 6.54 Å². The lowest BCUT2D eigenvalue weighted by atomic mass is 10.2. The molecule has 0 bridgehead atoms. The molecule has 0 spiro atoms. The summed E-state index contributed by atoms with van der Waals surface area (Å²) in [5, 5.41) is 22.6. The molecule has 2 rings (SSSR count). The van der Waals surface area contributed by atoms with Crippen LogP contribution in [0.2, 0.25) is 5.02 Å². The normalized spacial score (nSPS) is 11.0. The Morgan fingerprint density at radius 2 is 2.05 bits per heavy atom. The summed E-state index contributed by atoms with van der Waals surface area (Å²) in [6.45, 7) is 0.0203. The van der Waals surface area contributed by atoms with Crippen molar-refractivity contribution < 1.29 is 14.4 Å². The largest absolute Gasteiger partial charge is 0.867 e. The number of halogens is 2. The fourth-order valence-electron chi connectivity index (χ4n) is 1.70. The van der Waals surface area contributed by atoms with Gasteiger partial charge in [0.25, 0.3) is 5.69 Å². The molecule has 0 N–H and O–H groups in total. The third-order valence-corrected chi connectivity index (χ3v) is 2.93. The second-order valence-electron chi connectivity index (χ2n) is 4.16. The molecule has 0 amide bonds. The maximum atomic E-state index is 13.4. The molecule has 7 heteroatoms. The van der Waals surface area contributed by atoms with Gasteiger partial charge in [-0.2, -0.15) is 0 Å². The maximum absolute atomic E-state index is 13.4. The van der Waals surface area contributed by atoms with E-state index in [1.165, 1.54) is 12.1 Å². The zero-order valence-corrected chi connectivity index (χ0v) is 11.4. The lowest BCUT2D eigenvalue weighted by Crippen LogP contribution is -2.02. The number of rotatable bonds is 4. The predicted octanol–water partition coefficient (Wildman–Crippen LogP) is 3.08. The van der Waals surface area contributed by atoms with Crippen molar-refractivity contribution in [1.82, 2.24) is 0 Å². The van der Waals surface area contributed by atoms with Gasteiger partial charge in [-0.1, -0.05) is 29.8 Å². The molecule has 0 aliphatic rings. The highest BCUT2D eigenvalue weighted by Gasteiger charge is 2.11. The van der Waals surface area contributed by atoms with E-state index in [1.54, 1.807) is 18.2 Å². The molecule has 0 fully saturated rings. The van der Waals surface area contributed by atoms with Gasteiger partial charge in [0.15, 0.2) is 0 Å². The van der Waals surface area contributed by atoms with E-state index in [0.717, 1.165) is 12.3 Å². The standard InChI is InChI=1S/C14H10ClFN2O3/c15-11-5-10(14(19)13(6-11)18(20)21)8-17-7-9-3-1-2-4-12(9)16/h1-6,8,19H,7H2/p-1. The van der Waals surface area contributed by atoms with Gasteiger partial charge in [0.05, 0.1) is 11.5 Å². The average Bonchev–Trinajstić information content (AvgIpc) is 2.44. The molecule has 0 aliphatic heterocycles. The van der Waals surface area contributed by atoms with E-state index in [4.69, 9.17) is 11.6 Å². The number of hydrogen-bond acceptors (Lipinski definition) is 4. The van der Waals surface area contributed by atoms with Gasteiger partial charge in [0.2, 0.25) is 0 Å². The summed E-state index contributed by atoms with van der Waals surface area (Å²) in [5.41, 5.74) is -0.266. The number of nitro benzene ring substituents is 1. The summed E-state index contributed by atoms with van der Waals surface area (Å²) in [6, 6.07) is 8.34. The Labute approximate surface area is 124 Å². The van der Waals surface area contributed by atoms with Gasteiger partial charge in [0, 0.05) is 22.9 Å². The van der Waals surface area contributed by atoms with Crippen LogP contribution in [0.25, 0.3) is 0 Å². The second-order valence-corrected chi connectivity index (χ2v) is 4.60. The first-order valence-electron chi connectivity index (χ1n) is 5.87. The van der Waals surface area contributed by atoms with Crippen molar-refractivity contribution in [1.29, 1.82) is 0 Å². The molecule has 0 aromatic heterocycles. The molecule has 0 radical (unpaired) electrons. The fraction of sp³-hybridized carbons (Fsp3) is 0.0714. The molecule has 0 aliphatic carbocycles. The highest BCUT2D eigenvalue weighted by molar-refractivity contribution is 6.31. The molecule has 0 saturated heterocycles. The van der Waals surface area contributed by atoms with E-state index >= 15 is 0 Å². The van der Waals surface area contributed by atoms with E-state index in [9.17, 15) is 19.6 Å². The lowest BCUT2D eigenvalue weighted by molar-refractivity contribution is -0.398. The zero-order valence-electron chi connectivity index (χ0n) is 10.6. The van der Waals surface area contributed by atoms with Crippen molar-refractivity contribution in [2.24, 2.45) is 4.99 Å². The van der Waals surface area contributed by atoms with Crippen molar-refractivity contribution in [3.05, 3.63) is 68.5 Å². The van der Waals surface area contributed by atoms with Crippen LogP contribution in [-0.4, -0.2) is 11.1 Å². The van der Waals surface area contributed by atoms with Gasteiger partial charge < -0.3 is 5.11 Å². The number of benzene rings is 2. The van der Waals surface area contributed by atoms with Crippen molar-refractivity contribution >= 4 is 23.5 Å². The highest BCUT2D eigenvalue weighted by Crippen LogP contribution is 2.30. The zero-order chi connectivity index (χ0) is 15.4. The summed E-state index contributed by atoms with van der Waals surface area (Å²) in [7, 11) is 0. The highest BCUT2D eigenvalue weighted by atomic mass is 35.5. The number of aliphatic imine (C=N–C) groups is 1. The Morgan fingerprint density at radius 3 is 2.71 bits per heavy atom. The van der Waals surface area contributed by atoms with Crippen LogP contribution in [0.15, 0.2) is 41.4 Å². The fourth-order valence-corrected chi connectivity index (χ4v) is 1.92. The Bertz CT molecular complexity index is 719. The Balaban J connectivity index is 2.26. The quantitative estimate of drug-likeness (QED) is 0.494. The van der Waals surface area contributed by atoms with Crippen molar-refractivity contribution in [3.63, 3.8) is 0 Å². The molecule has 5 nitrogen and oxygen atoms in total. The third kappa shape index (κ3) is 3.55. The number of nitro groups is 1. The van der Waals surface area contributed by atoms with E-state index in [-0.39, 0.29) is 17.1 Å². The lowest BCUT2D eigenvalue weighted by Gasteiger charge is -2.10. The predicted molar refractivity (Wildman–Crippen MR) is 75.3 cm³/mol. The van der Waals surface area contributed by atoms with Gasteiger partial charge in [-0.05, 0) is 23.4 Å². The first-order valence-corrected chi connectivity index (χ1v) is 6.25. The van der Waals surface area contributed by atoms with E-state index in [2.05, 4.69) is 4.99 Å². The van der Waals surface area contributed by atoms with Gasteiger partial charge in [-0.3, -0.25) is 15.1 Å². The van der Waals surface area contributed by atoms with E-state index in [0.29, 0.717) is 5.56 Å².